The molecule has 0 spiro atoms. The zero-order valence-electron chi connectivity index (χ0n) is 14.6. The molecular weight excluding hydrogens is 369 g/mol. The Morgan fingerprint density at radius 3 is 2.78 bits per heavy atom. The molecule has 2 heterocycles. The average Bonchev–Trinajstić information content (AvgIpc) is 3.11. The smallest absolute Gasteiger partial charge is 0.298 e. The van der Waals surface area contributed by atoms with E-state index in [0.717, 1.165) is 23.9 Å². The molecule has 2 aromatic carbocycles. The molecule has 7 heteroatoms. The van der Waals surface area contributed by atoms with Crippen LogP contribution >= 0.6 is 11.6 Å². The topological polar surface area (TPSA) is 58.4 Å². The quantitative estimate of drug-likeness (QED) is 0.730. The van der Waals surface area contributed by atoms with Crippen LogP contribution in [0.1, 0.15) is 18.4 Å². The number of hydrogen-bond acceptors (Lipinski definition) is 4. The van der Waals surface area contributed by atoms with Gasteiger partial charge in [-0.1, -0.05) is 29.8 Å². The predicted molar refractivity (Wildman–Crippen MR) is 102 cm³/mol. The van der Waals surface area contributed by atoms with E-state index < -0.39 is 0 Å². The van der Waals surface area contributed by atoms with Crippen molar-refractivity contribution in [3.63, 3.8) is 0 Å². The third-order valence-corrected chi connectivity index (χ3v) is 5.24. The lowest BCUT2D eigenvalue weighted by Gasteiger charge is -2.30. The Bertz CT molecular complexity index is 934. The molecule has 0 aliphatic carbocycles. The standard InChI is InChI=1S/C20H19ClFN3O2/c21-16-11-15(22)6-5-14(16)12-23-19(26)13-7-9-25(10-8-13)20-24-17-3-1-2-4-18(17)27-20/h1-6,11,13H,7-10,12H2,(H,23,26). The van der Waals surface area contributed by atoms with Crippen molar-refractivity contribution in [1.29, 1.82) is 0 Å². The largest absolute Gasteiger partial charge is 0.423 e. The number of benzene rings is 2. The van der Waals surface area contributed by atoms with Gasteiger partial charge in [0, 0.05) is 30.6 Å². The molecule has 27 heavy (non-hydrogen) atoms. The molecule has 1 aromatic heterocycles. The minimum absolute atomic E-state index is 0.00685. The lowest BCUT2D eigenvalue weighted by molar-refractivity contribution is -0.125. The molecule has 140 valence electrons. The number of fused-ring (bicyclic) bond motifs is 1. The first kappa shape index (κ1) is 17.8. The zero-order chi connectivity index (χ0) is 18.8. The number of hydrogen-bond donors (Lipinski definition) is 1. The average molecular weight is 388 g/mol. The van der Waals surface area contributed by atoms with Crippen molar-refractivity contribution in [3.05, 3.63) is 58.9 Å². The first-order chi connectivity index (χ1) is 13.1. The van der Waals surface area contributed by atoms with Crippen molar-refractivity contribution >= 4 is 34.6 Å². The highest BCUT2D eigenvalue weighted by molar-refractivity contribution is 6.31. The van der Waals surface area contributed by atoms with Gasteiger partial charge in [0.25, 0.3) is 6.01 Å². The lowest BCUT2D eigenvalue weighted by Crippen LogP contribution is -2.40. The molecule has 0 saturated carbocycles. The number of para-hydroxylation sites is 2. The summed E-state index contributed by atoms with van der Waals surface area (Å²) in [5.41, 5.74) is 2.31. The summed E-state index contributed by atoms with van der Waals surface area (Å²) in [5, 5.41) is 3.22. The maximum Gasteiger partial charge on any atom is 0.298 e. The van der Waals surface area contributed by atoms with E-state index in [1.807, 2.05) is 24.3 Å². The first-order valence-electron chi connectivity index (χ1n) is 8.92. The molecule has 0 bridgehead atoms. The molecule has 1 fully saturated rings. The number of piperidine rings is 1. The second-order valence-electron chi connectivity index (χ2n) is 6.68. The summed E-state index contributed by atoms with van der Waals surface area (Å²) in [6, 6.07) is 12.4. The summed E-state index contributed by atoms with van der Waals surface area (Å²) in [7, 11) is 0. The fourth-order valence-electron chi connectivity index (χ4n) is 3.32. The summed E-state index contributed by atoms with van der Waals surface area (Å²) in [6.07, 6.45) is 1.45. The molecule has 1 N–H and O–H groups in total. The van der Waals surface area contributed by atoms with E-state index in [9.17, 15) is 9.18 Å². The number of carbonyl (C=O) groups excluding carboxylic acids is 1. The van der Waals surface area contributed by atoms with E-state index >= 15 is 0 Å². The molecule has 0 radical (unpaired) electrons. The number of nitrogens with one attached hydrogen (secondary N) is 1. The highest BCUT2D eigenvalue weighted by atomic mass is 35.5. The van der Waals surface area contributed by atoms with Crippen LogP contribution in [0.4, 0.5) is 10.4 Å². The van der Waals surface area contributed by atoms with Crippen molar-refractivity contribution in [2.75, 3.05) is 18.0 Å². The van der Waals surface area contributed by atoms with E-state index in [1.165, 1.54) is 12.1 Å². The minimum atomic E-state index is -0.387. The van der Waals surface area contributed by atoms with E-state index in [-0.39, 0.29) is 17.6 Å². The van der Waals surface area contributed by atoms with Crippen LogP contribution in [-0.2, 0) is 11.3 Å². The summed E-state index contributed by atoms with van der Waals surface area (Å²) >= 11 is 6.00. The molecule has 4 rings (SSSR count). The first-order valence-corrected chi connectivity index (χ1v) is 9.30. The molecule has 0 unspecified atom stereocenters. The molecule has 1 saturated heterocycles. The third kappa shape index (κ3) is 3.90. The number of rotatable bonds is 4. The number of carbonyl (C=O) groups is 1. The summed E-state index contributed by atoms with van der Waals surface area (Å²) < 4.78 is 18.9. The van der Waals surface area contributed by atoms with E-state index in [0.29, 0.717) is 36.2 Å². The van der Waals surface area contributed by atoms with Gasteiger partial charge in [-0.2, -0.15) is 4.98 Å². The van der Waals surface area contributed by atoms with Gasteiger partial charge in [0.05, 0.1) is 0 Å². The third-order valence-electron chi connectivity index (χ3n) is 4.89. The van der Waals surface area contributed by atoms with Crippen molar-refractivity contribution in [2.24, 2.45) is 5.92 Å². The molecule has 1 aliphatic heterocycles. The Morgan fingerprint density at radius 1 is 1.26 bits per heavy atom. The normalized spacial score (nSPS) is 15.3. The lowest BCUT2D eigenvalue weighted by atomic mass is 9.96. The molecule has 0 atom stereocenters. The Kier molecular flexibility index (Phi) is 4.99. The molecule has 1 aliphatic rings. The number of oxazole rings is 1. The minimum Gasteiger partial charge on any atom is -0.423 e. The van der Waals surface area contributed by atoms with Gasteiger partial charge in [-0.15, -0.1) is 0 Å². The molecule has 1 amide bonds. The maximum atomic E-state index is 13.1. The predicted octanol–water partition coefficient (Wildman–Crippen LogP) is 4.15. The Morgan fingerprint density at radius 2 is 2.04 bits per heavy atom. The van der Waals surface area contributed by atoms with Gasteiger partial charge >= 0.3 is 0 Å². The van der Waals surface area contributed by atoms with Crippen LogP contribution in [0.25, 0.3) is 11.1 Å². The molecular formula is C20H19ClFN3O2. The van der Waals surface area contributed by atoms with Gasteiger partial charge in [-0.3, -0.25) is 4.79 Å². The van der Waals surface area contributed by atoms with Gasteiger partial charge in [0.2, 0.25) is 5.91 Å². The second-order valence-corrected chi connectivity index (χ2v) is 7.09. The number of amides is 1. The van der Waals surface area contributed by atoms with Crippen molar-refractivity contribution in [3.8, 4) is 0 Å². The van der Waals surface area contributed by atoms with Gasteiger partial charge in [-0.05, 0) is 42.7 Å². The SMILES string of the molecule is O=C(NCc1ccc(F)cc1Cl)C1CCN(c2nc3ccccc3o2)CC1. The monoisotopic (exact) mass is 387 g/mol. The van der Waals surface area contributed by atoms with Crippen LogP contribution in [0.3, 0.4) is 0 Å². The van der Waals surface area contributed by atoms with Gasteiger partial charge in [0.1, 0.15) is 11.3 Å². The van der Waals surface area contributed by atoms with Gasteiger partial charge < -0.3 is 14.6 Å². The number of aromatic nitrogens is 1. The van der Waals surface area contributed by atoms with Crippen LogP contribution in [0, 0.1) is 11.7 Å². The van der Waals surface area contributed by atoms with E-state index in [2.05, 4.69) is 15.2 Å². The van der Waals surface area contributed by atoms with Crippen LogP contribution in [0.15, 0.2) is 46.9 Å². The number of anilines is 1. The van der Waals surface area contributed by atoms with Crippen LogP contribution in [0.2, 0.25) is 5.02 Å². The fraction of sp³-hybridized carbons (Fsp3) is 0.300. The highest BCUT2D eigenvalue weighted by Gasteiger charge is 2.27. The van der Waals surface area contributed by atoms with E-state index in [1.54, 1.807) is 6.07 Å². The summed E-state index contributed by atoms with van der Waals surface area (Å²) in [5.74, 6) is -0.459. The van der Waals surface area contributed by atoms with Crippen LogP contribution in [-0.4, -0.2) is 24.0 Å². The van der Waals surface area contributed by atoms with Gasteiger partial charge in [0.15, 0.2) is 5.58 Å². The zero-order valence-corrected chi connectivity index (χ0v) is 15.4. The van der Waals surface area contributed by atoms with E-state index in [4.69, 9.17) is 16.0 Å². The Labute approximate surface area is 161 Å². The van der Waals surface area contributed by atoms with Gasteiger partial charge in [-0.25, -0.2) is 4.39 Å². The Hall–Kier alpha value is -2.60. The second kappa shape index (κ2) is 7.56. The number of halogens is 2. The molecule has 3 aromatic rings. The Balaban J connectivity index is 1.32. The summed E-state index contributed by atoms with van der Waals surface area (Å²) in [4.78, 5) is 19.0. The highest BCUT2D eigenvalue weighted by Crippen LogP contribution is 2.26. The van der Waals surface area contributed by atoms with Crippen molar-refractivity contribution < 1.29 is 13.6 Å². The van der Waals surface area contributed by atoms with Crippen LogP contribution in [0.5, 0.6) is 0 Å². The van der Waals surface area contributed by atoms with Crippen LogP contribution < -0.4 is 10.2 Å². The fourth-order valence-corrected chi connectivity index (χ4v) is 3.55. The van der Waals surface area contributed by atoms with Crippen molar-refractivity contribution in [2.45, 2.75) is 19.4 Å². The molecule has 5 nitrogen and oxygen atoms in total. The summed E-state index contributed by atoms with van der Waals surface area (Å²) in [6.45, 7) is 1.72. The number of nitrogens with zero attached hydrogens (tertiary/aromatic N) is 2. The maximum absolute atomic E-state index is 13.1. The van der Waals surface area contributed by atoms with Crippen molar-refractivity contribution in [1.82, 2.24) is 10.3 Å².